The van der Waals surface area contributed by atoms with Crippen LogP contribution in [0.1, 0.15) is 40.1 Å². The lowest BCUT2D eigenvalue weighted by Crippen LogP contribution is -2.36. The van der Waals surface area contributed by atoms with Crippen molar-refractivity contribution in [3.8, 4) is 0 Å². The van der Waals surface area contributed by atoms with E-state index in [1.54, 1.807) is 0 Å². The van der Waals surface area contributed by atoms with E-state index in [0.717, 1.165) is 10.9 Å². The second-order valence-electron chi connectivity index (χ2n) is 7.76. The summed E-state index contributed by atoms with van der Waals surface area (Å²) in [5.41, 5.74) is 2.57. The van der Waals surface area contributed by atoms with Gasteiger partial charge in [0.05, 0.1) is 18.4 Å². The molecule has 1 aromatic heterocycles. The normalized spacial score (nSPS) is 21.8. The molecule has 1 aromatic carbocycles. The number of carbonyl (C=O) groups is 3. The summed E-state index contributed by atoms with van der Waals surface area (Å²) in [7, 11) is 5.15. The number of aryl methyl sites for hydroxylation is 1. The molecular weight excluding hydrogens is 356 g/mol. The molecule has 2 unspecified atom stereocenters. The smallest absolute Gasteiger partial charge is 0.305 e. The molecular formula is C22H24N2O4. The Balaban J connectivity index is 1.80. The van der Waals surface area contributed by atoms with Crippen molar-refractivity contribution in [2.45, 2.75) is 19.3 Å². The largest absolute Gasteiger partial charge is 0.469 e. The highest BCUT2D eigenvalue weighted by Crippen LogP contribution is 2.41. The number of nitrogens with zero attached hydrogens (tertiary/aromatic N) is 2. The Labute approximate surface area is 163 Å². The van der Waals surface area contributed by atoms with Crippen LogP contribution < -0.4 is 0 Å². The van der Waals surface area contributed by atoms with Gasteiger partial charge in [-0.05, 0) is 18.4 Å². The predicted molar refractivity (Wildman–Crippen MR) is 105 cm³/mol. The Morgan fingerprint density at radius 3 is 2.71 bits per heavy atom. The molecule has 6 nitrogen and oxygen atoms in total. The van der Waals surface area contributed by atoms with E-state index < -0.39 is 0 Å². The zero-order chi connectivity index (χ0) is 20.0. The third-order valence-electron chi connectivity index (χ3n) is 6.06. The Bertz CT molecular complexity index is 1020. The maximum atomic E-state index is 13.6. The van der Waals surface area contributed by atoms with E-state index in [4.69, 9.17) is 4.74 Å². The van der Waals surface area contributed by atoms with Crippen LogP contribution in [0.2, 0.25) is 0 Å². The first-order valence-electron chi connectivity index (χ1n) is 9.56. The van der Waals surface area contributed by atoms with Crippen LogP contribution in [0.15, 0.2) is 36.0 Å². The molecule has 0 spiro atoms. The van der Waals surface area contributed by atoms with Crippen LogP contribution in [0.5, 0.6) is 0 Å². The first-order chi connectivity index (χ1) is 13.4. The summed E-state index contributed by atoms with van der Waals surface area (Å²) in [6.45, 7) is 0.711. The number of hydrogen-bond acceptors (Lipinski definition) is 5. The van der Waals surface area contributed by atoms with Gasteiger partial charge >= 0.3 is 5.97 Å². The first-order valence-corrected chi connectivity index (χ1v) is 9.56. The van der Waals surface area contributed by atoms with Crippen LogP contribution in [-0.4, -0.2) is 47.7 Å². The van der Waals surface area contributed by atoms with E-state index in [1.807, 2.05) is 54.0 Å². The lowest BCUT2D eigenvalue weighted by molar-refractivity contribution is -0.141. The zero-order valence-corrected chi connectivity index (χ0v) is 16.4. The minimum Gasteiger partial charge on any atom is -0.469 e. The van der Waals surface area contributed by atoms with Gasteiger partial charge in [-0.1, -0.05) is 18.2 Å². The minimum atomic E-state index is -0.265. The summed E-state index contributed by atoms with van der Waals surface area (Å²) < 4.78 is 6.61. The van der Waals surface area contributed by atoms with Crippen molar-refractivity contribution in [1.82, 2.24) is 9.47 Å². The molecule has 1 aliphatic carbocycles. The van der Waals surface area contributed by atoms with Gasteiger partial charge in [0.1, 0.15) is 0 Å². The van der Waals surface area contributed by atoms with Gasteiger partial charge in [0, 0.05) is 62.1 Å². The summed E-state index contributed by atoms with van der Waals surface area (Å²) in [6.07, 6.45) is 3.05. The zero-order valence-electron chi connectivity index (χ0n) is 16.4. The number of aromatic nitrogens is 1. The van der Waals surface area contributed by atoms with Crippen LogP contribution in [0.3, 0.4) is 0 Å². The third-order valence-corrected chi connectivity index (χ3v) is 6.06. The van der Waals surface area contributed by atoms with Gasteiger partial charge in [0.2, 0.25) is 0 Å². The van der Waals surface area contributed by atoms with E-state index in [0.29, 0.717) is 29.8 Å². The van der Waals surface area contributed by atoms with Crippen molar-refractivity contribution in [3.63, 3.8) is 0 Å². The highest BCUT2D eigenvalue weighted by Gasteiger charge is 2.41. The molecule has 0 bridgehead atoms. The molecule has 0 amide bonds. The summed E-state index contributed by atoms with van der Waals surface area (Å²) in [5.74, 6) is -0.468. The molecule has 4 rings (SSSR count). The number of rotatable bonds is 3. The first kappa shape index (κ1) is 18.5. The number of fused-ring (bicyclic) bond motifs is 4. The number of allylic oxidation sites excluding steroid dienone is 1. The topological polar surface area (TPSA) is 68.6 Å². The van der Waals surface area contributed by atoms with Crippen molar-refractivity contribution >= 4 is 28.4 Å². The fraction of sp³-hybridized carbons (Fsp3) is 0.409. The Hall–Kier alpha value is -2.89. The average molecular weight is 380 g/mol. The van der Waals surface area contributed by atoms with Crippen molar-refractivity contribution in [2.24, 2.45) is 18.9 Å². The quantitative estimate of drug-likeness (QED) is 0.766. The van der Waals surface area contributed by atoms with E-state index >= 15 is 0 Å². The number of Topliss-reactive ketones (excluding diaryl/α,β-unsaturated/α-hetero) is 2. The molecule has 0 radical (unpaired) electrons. The maximum absolute atomic E-state index is 13.6. The Morgan fingerprint density at radius 1 is 1.21 bits per heavy atom. The predicted octanol–water partition coefficient (Wildman–Crippen LogP) is 2.96. The monoisotopic (exact) mass is 380 g/mol. The van der Waals surface area contributed by atoms with Gasteiger partial charge in [0.25, 0.3) is 0 Å². The van der Waals surface area contributed by atoms with E-state index in [9.17, 15) is 14.4 Å². The lowest BCUT2D eigenvalue weighted by Gasteiger charge is -2.35. The summed E-state index contributed by atoms with van der Waals surface area (Å²) in [5, 5.41) is 0.819. The van der Waals surface area contributed by atoms with Gasteiger partial charge in [-0.15, -0.1) is 0 Å². The number of ketones is 2. The molecule has 6 heteroatoms. The molecule has 146 valence electrons. The van der Waals surface area contributed by atoms with Crippen LogP contribution in [0.25, 0.3) is 10.9 Å². The van der Waals surface area contributed by atoms with Crippen molar-refractivity contribution < 1.29 is 19.1 Å². The van der Waals surface area contributed by atoms with Crippen molar-refractivity contribution in [1.29, 1.82) is 0 Å². The lowest BCUT2D eigenvalue weighted by atomic mass is 9.77. The number of ether oxygens (including phenoxy) is 1. The van der Waals surface area contributed by atoms with Crippen LogP contribution in [-0.2, 0) is 16.6 Å². The highest BCUT2D eigenvalue weighted by molar-refractivity contribution is 6.24. The Kier molecular flexibility index (Phi) is 4.57. The van der Waals surface area contributed by atoms with Gasteiger partial charge in [0.15, 0.2) is 11.6 Å². The summed E-state index contributed by atoms with van der Waals surface area (Å²) >= 11 is 0. The second kappa shape index (κ2) is 6.93. The molecule has 0 saturated carbocycles. The SMILES string of the molecule is COC(=O)CCC1CN(C)C=C2C(=O)c3c(n(C)c4ccccc34)C(=O)CC21. The molecule has 2 atom stereocenters. The third kappa shape index (κ3) is 2.84. The number of hydrogen-bond donors (Lipinski definition) is 0. The summed E-state index contributed by atoms with van der Waals surface area (Å²) in [6, 6.07) is 7.64. The number of para-hydroxylation sites is 1. The Morgan fingerprint density at radius 2 is 1.96 bits per heavy atom. The standard InChI is InChI=1S/C22H24N2O4/c1-23-11-13(8-9-19(26)28-3)15-10-18(25)21-20(22(27)16(15)12-23)14-6-4-5-7-17(14)24(21)2/h4-7,12-13,15H,8-11H2,1-3H3. The van der Waals surface area contributed by atoms with Crippen molar-refractivity contribution in [2.75, 3.05) is 20.7 Å². The van der Waals surface area contributed by atoms with E-state index in [2.05, 4.69) is 0 Å². The summed E-state index contributed by atoms with van der Waals surface area (Å²) in [4.78, 5) is 40.4. The van der Waals surface area contributed by atoms with Crippen LogP contribution in [0.4, 0.5) is 0 Å². The second-order valence-corrected chi connectivity index (χ2v) is 7.76. The number of esters is 1. The van der Waals surface area contributed by atoms with E-state index in [-0.39, 0.29) is 42.2 Å². The maximum Gasteiger partial charge on any atom is 0.305 e. The molecule has 0 fully saturated rings. The van der Waals surface area contributed by atoms with Crippen molar-refractivity contribution in [3.05, 3.63) is 47.3 Å². The van der Waals surface area contributed by atoms with Gasteiger partial charge in [-0.25, -0.2) is 0 Å². The highest BCUT2D eigenvalue weighted by atomic mass is 16.5. The van der Waals surface area contributed by atoms with Gasteiger partial charge in [-0.2, -0.15) is 0 Å². The number of benzene rings is 1. The van der Waals surface area contributed by atoms with Gasteiger partial charge < -0.3 is 14.2 Å². The fourth-order valence-corrected chi connectivity index (χ4v) is 4.73. The molecule has 0 saturated heterocycles. The van der Waals surface area contributed by atoms with Crippen LogP contribution in [0, 0.1) is 11.8 Å². The van der Waals surface area contributed by atoms with E-state index in [1.165, 1.54) is 7.11 Å². The minimum absolute atomic E-state index is 0.0110. The average Bonchev–Trinajstić information content (AvgIpc) is 2.93. The van der Waals surface area contributed by atoms with Crippen LogP contribution >= 0.6 is 0 Å². The molecule has 2 aliphatic rings. The molecule has 0 N–H and O–H groups in total. The molecule has 28 heavy (non-hydrogen) atoms. The molecule has 2 aromatic rings. The molecule has 1 aliphatic heterocycles. The molecule has 2 heterocycles. The van der Waals surface area contributed by atoms with Gasteiger partial charge in [-0.3, -0.25) is 14.4 Å². The number of methoxy groups -OCH3 is 1. The fourth-order valence-electron chi connectivity index (χ4n) is 4.73. The number of carbonyl (C=O) groups excluding carboxylic acids is 3.